The quantitative estimate of drug-likeness (QED) is 0.0169. The Bertz CT molecular complexity index is 3000. The van der Waals surface area contributed by atoms with E-state index in [2.05, 4.69) is 216 Å². The van der Waals surface area contributed by atoms with E-state index in [1.807, 2.05) is 30.4 Å². The summed E-state index contributed by atoms with van der Waals surface area (Å²) in [5.41, 5.74) is 0. The molecule has 0 rings (SSSR count). The molecule has 0 aliphatic heterocycles. The largest absolute Gasteiger partial charge is 0.472 e. The van der Waals surface area contributed by atoms with Gasteiger partial charge in [-0.1, -0.05) is 297 Å². The maximum Gasteiger partial charge on any atom is 0.472 e. The average molecular weight is 1570 g/mol. The van der Waals surface area contributed by atoms with Crippen LogP contribution >= 0.6 is 15.6 Å². The van der Waals surface area contributed by atoms with Crippen molar-refractivity contribution in [3.05, 3.63) is 231 Å². The van der Waals surface area contributed by atoms with Crippen molar-refractivity contribution < 1.29 is 80.2 Å². The van der Waals surface area contributed by atoms with E-state index in [1.165, 1.54) is 0 Å². The van der Waals surface area contributed by atoms with Gasteiger partial charge in [-0.05, 0) is 167 Å². The average Bonchev–Trinajstić information content (AvgIpc) is 0.900. The smallest absolute Gasteiger partial charge is 0.462 e. The zero-order valence-electron chi connectivity index (χ0n) is 67.3. The standard InChI is InChI=1S/C91H140O17P2/c1-5-9-13-17-21-25-29-33-37-40-42-45-49-52-56-60-64-68-72-76-89(94)102-82-87(108-91(96)78-74-70-66-62-58-54-50-46-43-41-38-34-30-26-22-18-14-10-6-2)84-106-110(99,100)104-80-85(92)79-103-109(97,98)105-83-86(107-90(95)77-73-69-65-61-57-53-47-36-32-28-24-20-16-12-8-4)81-101-88(93)75-71-67-63-59-55-51-48-44-39-35-31-27-23-19-15-11-7-3/h9-16,21-28,33-39,42-43,45-47,52,54,56-58,61,64,68-69,73,85-87,92H,5-8,17-20,29-32,40-41,44,48-51,53,55,59-60,62-63,65-67,70-72,74-84H2,1-4H3,(H,97,98)(H,99,100)/b13-9-,14-10-,15-11-,16-12-,25-21-,26-22-,27-23-,28-24-,37-33-,38-34-,39-35-,45-42-,46-43-,47-36-,56-52-,58-54-,61-57-,68-64-,73-69-. The number of carbonyl (C=O) groups is 4. The van der Waals surface area contributed by atoms with Crippen molar-refractivity contribution in [3.63, 3.8) is 0 Å². The zero-order valence-corrected chi connectivity index (χ0v) is 69.1. The van der Waals surface area contributed by atoms with Crippen LogP contribution in [0, 0.1) is 0 Å². The first-order chi connectivity index (χ1) is 53.7. The molecule has 0 saturated carbocycles. The molecule has 17 nitrogen and oxygen atoms in total. The Kier molecular flexibility index (Phi) is 75.2. The third kappa shape index (κ3) is 79.2. The van der Waals surface area contributed by atoms with Crippen molar-refractivity contribution in [1.29, 1.82) is 0 Å². The van der Waals surface area contributed by atoms with E-state index >= 15 is 0 Å². The Morgan fingerprint density at radius 2 is 0.500 bits per heavy atom. The van der Waals surface area contributed by atoms with Crippen LogP contribution in [0.5, 0.6) is 0 Å². The molecule has 0 heterocycles. The molecule has 19 heteroatoms. The Hall–Kier alpha value is -6.88. The van der Waals surface area contributed by atoms with Gasteiger partial charge in [-0.15, -0.1) is 0 Å². The van der Waals surface area contributed by atoms with Gasteiger partial charge in [-0.2, -0.15) is 0 Å². The SMILES string of the molecule is CC/C=C\C/C=C\C/C=C\C/C=C\C/C=C\C/C=C\CCC(=O)OCC(COP(=O)(O)OCC(O)COP(=O)(O)OCC(COC(=O)CCCCCCCCC/C=C\C/C=C\C/C=C\CC)OC(=O)C/C=C\C/C=C\C/C=C\C/C=C\C/C=C\CC)OC(=O)CCCCC/C=C\C/C=C\C/C=C\C/C=C\C/C=C\CC. The number of hydrogen-bond acceptors (Lipinski definition) is 15. The number of aliphatic hydroxyl groups is 1. The molecule has 0 fully saturated rings. The van der Waals surface area contributed by atoms with Gasteiger partial charge in [0, 0.05) is 19.3 Å². The van der Waals surface area contributed by atoms with Crippen molar-refractivity contribution >= 4 is 39.5 Å². The van der Waals surface area contributed by atoms with Crippen LogP contribution in [-0.4, -0.2) is 96.7 Å². The van der Waals surface area contributed by atoms with Gasteiger partial charge < -0.3 is 33.8 Å². The number of esters is 4. The number of allylic oxidation sites excluding steroid dienone is 37. The molecular formula is C91H140O17P2. The van der Waals surface area contributed by atoms with Crippen molar-refractivity contribution in [2.24, 2.45) is 0 Å². The summed E-state index contributed by atoms with van der Waals surface area (Å²) in [6.07, 6.45) is 104. The van der Waals surface area contributed by atoms with Crippen LogP contribution in [0.25, 0.3) is 0 Å². The van der Waals surface area contributed by atoms with Crippen LogP contribution in [0.2, 0.25) is 0 Å². The van der Waals surface area contributed by atoms with Crippen molar-refractivity contribution in [2.45, 2.75) is 277 Å². The van der Waals surface area contributed by atoms with Crippen LogP contribution in [0.3, 0.4) is 0 Å². The van der Waals surface area contributed by atoms with Crippen LogP contribution in [0.15, 0.2) is 231 Å². The maximum atomic E-state index is 13.1. The molecule has 0 aliphatic carbocycles. The van der Waals surface area contributed by atoms with Gasteiger partial charge in [-0.3, -0.25) is 37.3 Å². The minimum Gasteiger partial charge on any atom is -0.462 e. The number of rotatable bonds is 73. The van der Waals surface area contributed by atoms with Crippen molar-refractivity contribution in [1.82, 2.24) is 0 Å². The van der Waals surface area contributed by atoms with Crippen LogP contribution in [0.1, 0.15) is 259 Å². The molecule has 0 spiro atoms. The molecule has 0 saturated heterocycles. The highest BCUT2D eigenvalue weighted by molar-refractivity contribution is 7.47. The molecule has 3 N–H and O–H groups in total. The first kappa shape index (κ1) is 103. The van der Waals surface area contributed by atoms with Gasteiger partial charge in [0.25, 0.3) is 0 Å². The fourth-order valence-electron chi connectivity index (χ4n) is 9.65. The van der Waals surface area contributed by atoms with E-state index in [-0.39, 0.29) is 25.7 Å². The summed E-state index contributed by atoms with van der Waals surface area (Å²) in [5.74, 6) is -2.50. The Balaban J connectivity index is 5.58. The van der Waals surface area contributed by atoms with Crippen LogP contribution in [0.4, 0.5) is 0 Å². The second kappa shape index (κ2) is 80.2. The summed E-state index contributed by atoms with van der Waals surface area (Å²) < 4.78 is 68.4. The van der Waals surface area contributed by atoms with Gasteiger partial charge in [0.2, 0.25) is 0 Å². The molecule has 110 heavy (non-hydrogen) atoms. The topological polar surface area (TPSA) is 237 Å². The van der Waals surface area contributed by atoms with E-state index in [4.69, 9.17) is 37.0 Å². The molecule has 0 aromatic rings. The number of carbonyl (C=O) groups excluding carboxylic acids is 4. The third-order valence-electron chi connectivity index (χ3n) is 15.7. The lowest BCUT2D eigenvalue weighted by Gasteiger charge is -2.21. The summed E-state index contributed by atoms with van der Waals surface area (Å²) in [6, 6.07) is 0. The Morgan fingerprint density at radius 3 is 0.827 bits per heavy atom. The summed E-state index contributed by atoms with van der Waals surface area (Å²) in [5, 5.41) is 10.7. The summed E-state index contributed by atoms with van der Waals surface area (Å²) >= 11 is 0. The lowest BCUT2D eigenvalue weighted by molar-refractivity contribution is -0.161. The van der Waals surface area contributed by atoms with Crippen LogP contribution in [-0.2, 0) is 65.4 Å². The summed E-state index contributed by atoms with van der Waals surface area (Å²) in [4.78, 5) is 73.1. The summed E-state index contributed by atoms with van der Waals surface area (Å²) in [6.45, 7) is 4.13. The molecule has 0 radical (unpaired) electrons. The second-order valence-electron chi connectivity index (χ2n) is 25.8. The van der Waals surface area contributed by atoms with E-state index in [0.717, 1.165) is 173 Å². The number of hydrogen-bond donors (Lipinski definition) is 3. The molecule has 0 bridgehead atoms. The fraction of sp³-hybridized carbons (Fsp3) is 0.538. The molecule has 5 unspecified atom stereocenters. The molecule has 0 amide bonds. The van der Waals surface area contributed by atoms with E-state index in [0.29, 0.717) is 32.1 Å². The van der Waals surface area contributed by atoms with Crippen LogP contribution < -0.4 is 0 Å². The molecule has 616 valence electrons. The predicted octanol–water partition coefficient (Wildman–Crippen LogP) is 24.2. The monoisotopic (exact) mass is 1570 g/mol. The van der Waals surface area contributed by atoms with E-state index in [1.54, 1.807) is 12.2 Å². The van der Waals surface area contributed by atoms with Crippen molar-refractivity contribution in [2.75, 3.05) is 39.6 Å². The molecule has 0 aromatic heterocycles. The highest BCUT2D eigenvalue weighted by Crippen LogP contribution is 2.45. The number of phosphoric acid groups is 2. The highest BCUT2D eigenvalue weighted by Gasteiger charge is 2.30. The lowest BCUT2D eigenvalue weighted by Crippen LogP contribution is -2.30. The number of aliphatic hydroxyl groups excluding tert-OH is 1. The lowest BCUT2D eigenvalue weighted by atomic mass is 10.1. The van der Waals surface area contributed by atoms with E-state index in [9.17, 15) is 43.2 Å². The minimum atomic E-state index is -5.03. The Labute approximate surface area is 664 Å². The zero-order chi connectivity index (χ0) is 80.3. The minimum absolute atomic E-state index is 0.0156. The molecule has 5 atom stereocenters. The normalized spacial score (nSPS) is 15.0. The van der Waals surface area contributed by atoms with Gasteiger partial charge >= 0.3 is 39.5 Å². The first-order valence-electron chi connectivity index (χ1n) is 40.6. The van der Waals surface area contributed by atoms with Gasteiger partial charge in [-0.25, -0.2) is 9.13 Å². The number of ether oxygens (including phenoxy) is 4. The third-order valence-corrected chi connectivity index (χ3v) is 17.6. The highest BCUT2D eigenvalue weighted by atomic mass is 31.2. The Morgan fingerprint density at radius 1 is 0.264 bits per heavy atom. The summed E-state index contributed by atoms with van der Waals surface area (Å²) in [7, 11) is -10.1. The number of phosphoric ester groups is 2. The van der Waals surface area contributed by atoms with Gasteiger partial charge in [0.05, 0.1) is 32.8 Å². The molecule has 0 aliphatic rings. The maximum absolute atomic E-state index is 13.1. The first-order valence-corrected chi connectivity index (χ1v) is 43.6. The predicted molar refractivity (Wildman–Crippen MR) is 454 cm³/mol. The molecule has 0 aromatic carbocycles. The molecular weight excluding hydrogens is 1430 g/mol. The number of unbranched alkanes of at least 4 members (excludes halogenated alkanes) is 10. The van der Waals surface area contributed by atoms with Gasteiger partial charge in [0.1, 0.15) is 19.3 Å². The van der Waals surface area contributed by atoms with Crippen molar-refractivity contribution in [3.8, 4) is 0 Å². The second-order valence-corrected chi connectivity index (χ2v) is 28.8. The van der Waals surface area contributed by atoms with Gasteiger partial charge in [0.15, 0.2) is 12.2 Å². The van der Waals surface area contributed by atoms with E-state index < -0.39 is 97.5 Å². The fourth-order valence-corrected chi connectivity index (χ4v) is 11.2.